The maximum Gasteiger partial charge on any atom is 0.0467 e. The molecule has 0 heterocycles. The molecule has 0 aliphatic heterocycles. The van der Waals surface area contributed by atoms with E-state index in [2.05, 4.69) is 12.2 Å². The smallest absolute Gasteiger partial charge is 0.0467 e. The van der Waals surface area contributed by atoms with E-state index in [4.69, 9.17) is 34.8 Å². The van der Waals surface area contributed by atoms with Gasteiger partial charge in [0.05, 0.1) is 0 Å². The van der Waals surface area contributed by atoms with Crippen molar-refractivity contribution in [2.75, 3.05) is 13.6 Å². The highest BCUT2D eigenvalue weighted by atomic mass is 35.5. The maximum absolute atomic E-state index is 6.14. The Kier molecular flexibility index (Phi) is 6.65. The summed E-state index contributed by atoms with van der Waals surface area (Å²) in [5.41, 5.74) is 1.01. The molecule has 0 amide bonds. The van der Waals surface area contributed by atoms with Gasteiger partial charge >= 0.3 is 0 Å². The quantitative estimate of drug-likeness (QED) is 0.793. The zero-order chi connectivity index (χ0) is 12.8. The van der Waals surface area contributed by atoms with E-state index >= 15 is 0 Å². The SMILES string of the molecule is CNCCC(C)CCc1c(Cl)cc(Cl)cc1Cl. The molecule has 1 rings (SSSR count). The van der Waals surface area contributed by atoms with Crippen molar-refractivity contribution in [1.29, 1.82) is 0 Å². The molecule has 1 nitrogen and oxygen atoms in total. The molecule has 1 unspecified atom stereocenters. The molecule has 1 aromatic carbocycles. The van der Waals surface area contributed by atoms with Gasteiger partial charge in [-0.15, -0.1) is 0 Å². The van der Waals surface area contributed by atoms with Crippen molar-refractivity contribution >= 4 is 34.8 Å². The molecule has 0 fully saturated rings. The Hall–Kier alpha value is 0.0500. The molecule has 1 aromatic rings. The van der Waals surface area contributed by atoms with Gasteiger partial charge in [-0.3, -0.25) is 0 Å². The first kappa shape index (κ1) is 15.1. The molecule has 0 aromatic heterocycles. The summed E-state index contributed by atoms with van der Waals surface area (Å²) in [5.74, 6) is 0.658. The maximum atomic E-state index is 6.14. The fourth-order valence-corrected chi connectivity index (χ4v) is 2.74. The van der Waals surface area contributed by atoms with Crippen LogP contribution in [0.3, 0.4) is 0 Å². The van der Waals surface area contributed by atoms with E-state index in [-0.39, 0.29) is 0 Å². The number of halogens is 3. The Balaban J connectivity index is 2.57. The zero-order valence-corrected chi connectivity index (χ0v) is 12.5. The van der Waals surface area contributed by atoms with Crippen LogP contribution in [0.25, 0.3) is 0 Å². The van der Waals surface area contributed by atoms with Gasteiger partial charge in [-0.2, -0.15) is 0 Å². The van der Waals surface area contributed by atoms with E-state index in [1.807, 2.05) is 7.05 Å². The van der Waals surface area contributed by atoms with E-state index in [1.165, 1.54) is 6.42 Å². The van der Waals surface area contributed by atoms with Crippen LogP contribution in [0.2, 0.25) is 15.1 Å². The van der Waals surface area contributed by atoms with Gasteiger partial charge < -0.3 is 5.32 Å². The fraction of sp³-hybridized carbons (Fsp3) is 0.538. The predicted molar refractivity (Wildman–Crippen MR) is 77.5 cm³/mol. The summed E-state index contributed by atoms with van der Waals surface area (Å²) in [5, 5.41) is 5.09. The molecule has 0 saturated heterocycles. The molecule has 0 aliphatic carbocycles. The second-order valence-corrected chi connectivity index (χ2v) is 5.63. The van der Waals surface area contributed by atoms with Gasteiger partial charge in [-0.05, 0) is 56.5 Å². The monoisotopic (exact) mass is 293 g/mol. The van der Waals surface area contributed by atoms with E-state index < -0.39 is 0 Å². The standard InChI is InChI=1S/C13H18Cl3N/c1-9(5-6-17-2)3-4-11-12(15)7-10(14)8-13(11)16/h7-9,17H,3-6H2,1-2H3. The molecule has 0 spiro atoms. The van der Waals surface area contributed by atoms with Gasteiger partial charge in [-0.25, -0.2) is 0 Å². The molecular weight excluding hydrogens is 277 g/mol. The Morgan fingerprint density at radius 2 is 1.71 bits per heavy atom. The summed E-state index contributed by atoms with van der Waals surface area (Å²) >= 11 is 18.2. The molecule has 1 atom stereocenters. The lowest BCUT2D eigenvalue weighted by atomic mass is 9.98. The minimum Gasteiger partial charge on any atom is -0.320 e. The largest absolute Gasteiger partial charge is 0.320 e. The van der Waals surface area contributed by atoms with E-state index in [1.54, 1.807) is 12.1 Å². The first-order chi connectivity index (χ1) is 8.04. The summed E-state index contributed by atoms with van der Waals surface area (Å²) in [6.07, 6.45) is 3.15. The van der Waals surface area contributed by atoms with Gasteiger partial charge in [0.15, 0.2) is 0 Å². The van der Waals surface area contributed by atoms with Crippen LogP contribution in [-0.2, 0) is 6.42 Å². The third kappa shape index (κ3) is 5.05. The minimum absolute atomic E-state index is 0.590. The van der Waals surface area contributed by atoms with Gasteiger partial charge in [0.2, 0.25) is 0 Å². The highest BCUT2D eigenvalue weighted by molar-refractivity contribution is 6.39. The number of nitrogens with one attached hydrogen (secondary N) is 1. The third-order valence-corrected chi connectivity index (χ3v) is 3.77. The lowest BCUT2D eigenvalue weighted by Gasteiger charge is -2.13. The van der Waals surface area contributed by atoms with Crippen LogP contribution < -0.4 is 5.32 Å². The lowest BCUT2D eigenvalue weighted by molar-refractivity contribution is 0.482. The van der Waals surface area contributed by atoms with Gasteiger partial charge in [0, 0.05) is 15.1 Å². The molecule has 1 N–H and O–H groups in total. The van der Waals surface area contributed by atoms with E-state index in [9.17, 15) is 0 Å². The Labute approximate surface area is 118 Å². The molecule has 0 bridgehead atoms. The average molecular weight is 295 g/mol. The van der Waals surface area contributed by atoms with E-state index in [0.717, 1.165) is 24.9 Å². The van der Waals surface area contributed by atoms with Crippen molar-refractivity contribution < 1.29 is 0 Å². The molecule has 17 heavy (non-hydrogen) atoms. The van der Waals surface area contributed by atoms with Crippen molar-refractivity contribution in [3.05, 3.63) is 32.8 Å². The Bertz CT molecular complexity index is 343. The van der Waals surface area contributed by atoms with E-state index in [0.29, 0.717) is 21.0 Å². The highest BCUT2D eigenvalue weighted by Gasteiger charge is 2.09. The second-order valence-electron chi connectivity index (χ2n) is 4.38. The van der Waals surface area contributed by atoms with Gasteiger partial charge in [0.1, 0.15) is 0 Å². The normalized spacial score (nSPS) is 12.8. The van der Waals surface area contributed by atoms with Crippen LogP contribution >= 0.6 is 34.8 Å². The Morgan fingerprint density at radius 1 is 1.12 bits per heavy atom. The topological polar surface area (TPSA) is 12.0 Å². The van der Waals surface area contributed by atoms with Crippen LogP contribution in [0, 0.1) is 5.92 Å². The van der Waals surface area contributed by atoms with Crippen molar-refractivity contribution in [1.82, 2.24) is 5.32 Å². The lowest BCUT2D eigenvalue weighted by Crippen LogP contribution is -2.12. The predicted octanol–water partition coefficient (Wildman–Crippen LogP) is 4.83. The number of hydrogen-bond acceptors (Lipinski definition) is 1. The van der Waals surface area contributed by atoms with Gasteiger partial charge in [0.25, 0.3) is 0 Å². The van der Waals surface area contributed by atoms with Crippen LogP contribution in [0.4, 0.5) is 0 Å². The Morgan fingerprint density at radius 3 is 2.24 bits per heavy atom. The minimum atomic E-state index is 0.590. The summed E-state index contributed by atoms with van der Waals surface area (Å²) in [7, 11) is 1.97. The first-order valence-electron chi connectivity index (χ1n) is 5.82. The number of benzene rings is 1. The van der Waals surface area contributed by atoms with Crippen molar-refractivity contribution in [2.45, 2.75) is 26.2 Å². The summed E-state index contributed by atoms with van der Waals surface area (Å²) in [6.45, 7) is 3.29. The van der Waals surface area contributed by atoms with Crippen LogP contribution in [0.5, 0.6) is 0 Å². The molecule has 0 radical (unpaired) electrons. The first-order valence-corrected chi connectivity index (χ1v) is 6.96. The van der Waals surface area contributed by atoms with Crippen molar-refractivity contribution in [3.8, 4) is 0 Å². The fourth-order valence-electron chi connectivity index (χ4n) is 1.74. The summed E-state index contributed by atoms with van der Waals surface area (Å²) in [4.78, 5) is 0. The average Bonchev–Trinajstić information content (AvgIpc) is 2.24. The van der Waals surface area contributed by atoms with Crippen LogP contribution in [-0.4, -0.2) is 13.6 Å². The summed E-state index contributed by atoms with van der Waals surface area (Å²) < 4.78 is 0. The molecule has 4 heteroatoms. The van der Waals surface area contributed by atoms with Gasteiger partial charge in [-0.1, -0.05) is 41.7 Å². The molecular formula is C13H18Cl3N. The molecule has 96 valence electrons. The van der Waals surface area contributed by atoms with Crippen molar-refractivity contribution in [3.63, 3.8) is 0 Å². The highest BCUT2D eigenvalue weighted by Crippen LogP contribution is 2.30. The molecule has 0 saturated carbocycles. The van der Waals surface area contributed by atoms with Crippen LogP contribution in [0.1, 0.15) is 25.3 Å². The third-order valence-electron chi connectivity index (χ3n) is 2.88. The zero-order valence-electron chi connectivity index (χ0n) is 10.2. The van der Waals surface area contributed by atoms with Crippen molar-refractivity contribution in [2.24, 2.45) is 5.92 Å². The van der Waals surface area contributed by atoms with Crippen LogP contribution in [0.15, 0.2) is 12.1 Å². The number of hydrogen-bond donors (Lipinski definition) is 1. The number of rotatable bonds is 6. The second kappa shape index (κ2) is 7.48. The molecule has 0 aliphatic rings. The summed E-state index contributed by atoms with van der Waals surface area (Å²) in [6, 6.07) is 3.51.